The molecule has 0 spiro atoms. The van der Waals surface area contributed by atoms with Gasteiger partial charge < -0.3 is 11.1 Å². The van der Waals surface area contributed by atoms with E-state index in [2.05, 4.69) is 5.32 Å². The van der Waals surface area contributed by atoms with E-state index in [0.29, 0.717) is 10.6 Å². The molecule has 0 aromatic heterocycles. The number of carbonyl (C=O) groups excluding carboxylic acids is 1. The third-order valence-electron chi connectivity index (χ3n) is 2.00. The van der Waals surface area contributed by atoms with Crippen LogP contribution in [0.25, 0.3) is 0 Å². The highest BCUT2D eigenvalue weighted by molar-refractivity contribution is 7.85. The van der Waals surface area contributed by atoms with Crippen LogP contribution in [0, 0.1) is 6.92 Å². The number of carbonyl (C=O) groups is 1. The second kappa shape index (κ2) is 4.93. The second-order valence-corrected chi connectivity index (χ2v) is 4.61. The number of nitrogens with one attached hydrogen (secondary N) is 1. The standard InChI is InChI=1S/C10H14N2O2S/c1-7-3-4-8(11)5-9(7)15(14)6-10(13)12-2/h3-5H,6,11H2,1-2H3,(H,12,13). The zero-order valence-electron chi connectivity index (χ0n) is 8.74. The third-order valence-corrected chi connectivity index (χ3v) is 3.45. The molecule has 0 fully saturated rings. The molecule has 0 aliphatic carbocycles. The van der Waals surface area contributed by atoms with Crippen LogP contribution in [0.15, 0.2) is 23.1 Å². The Bertz CT molecular complexity index is 404. The molecule has 82 valence electrons. The fourth-order valence-corrected chi connectivity index (χ4v) is 2.36. The zero-order chi connectivity index (χ0) is 11.4. The number of nitrogen functional groups attached to an aromatic ring is 1. The van der Waals surface area contributed by atoms with Crippen molar-refractivity contribution in [3.8, 4) is 0 Å². The lowest BCUT2D eigenvalue weighted by atomic mass is 10.2. The minimum atomic E-state index is -1.33. The number of hydrogen-bond acceptors (Lipinski definition) is 3. The van der Waals surface area contributed by atoms with Gasteiger partial charge in [0.05, 0.1) is 10.8 Å². The van der Waals surface area contributed by atoms with E-state index in [0.717, 1.165) is 5.56 Å². The molecule has 3 N–H and O–H groups in total. The fourth-order valence-electron chi connectivity index (χ4n) is 1.13. The predicted octanol–water partition coefficient (Wildman–Crippen LogP) is 0.431. The molecule has 0 aliphatic heterocycles. The molecule has 1 rings (SSSR count). The van der Waals surface area contributed by atoms with Gasteiger partial charge in [-0.1, -0.05) is 6.07 Å². The average Bonchev–Trinajstić information content (AvgIpc) is 2.21. The summed E-state index contributed by atoms with van der Waals surface area (Å²) in [6.45, 7) is 1.84. The minimum Gasteiger partial charge on any atom is -0.399 e. The van der Waals surface area contributed by atoms with Crippen molar-refractivity contribution in [1.29, 1.82) is 0 Å². The first kappa shape index (κ1) is 11.7. The van der Waals surface area contributed by atoms with Crippen LogP contribution in [0.4, 0.5) is 5.69 Å². The number of benzene rings is 1. The van der Waals surface area contributed by atoms with Crippen molar-refractivity contribution in [2.24, 2.45) is 0 Å². The summed E-state index contributed by atoms with van der Waals surface area (Å²) in [7, 11) is 0.192. The highest BCUT2D eigenvalue weighted by Crippen LogP contribution is 2.16. The van der Waals surface area contributed by atoms with Crippen LogP contribution in [0.3, 0.4) is 0 Å². The lowest BCUT2D eigenvalue weighted by Gasteiger charge is -2.06. The summed E-state index contributed by atoms with van der Waals surface area (Å²) in [6, 6.07) is 5.19. The molecule has 0 radical (unpaired) electrons. The fraction of sp³-hybridized carbons (Fsp3) is 0.300. The monoisotopic (exact) mass is 226 g/mol. The molecule has 1 amide bonds. The van der Waals surface area contributed by atoms with Crippen LogP contribution in [0.2, 0.25) is 0 Å². The van der Waals surface area contributed by atoms with Gasteiger partial charge in [0.2, 0.25) is 5.91 Å². The maximum absolute atomic E-state index is 11.8. The summed E-state index contributed by atoms with van der Waals surface area (Å²) in [4.78, 5) is 11.7. The summed E-state index contributed by atoms with van der Waals surface area (Å²) in [6.07, 6.45) is 0. The lowest BCUT2D eigenvalue weighted by molar-refractivity contribution is -0.118. The van der Waals surface area contributed by atoms with Crippen LogP contribution < -0.4 is 11.1 Å². The van der Waals surface area contributed by atoms with Crippen molar-refractivity contribution >= 4 is 22.4 Å². The molecular formula is C10H14N2O2S. The molecule has 0 heterocycles. The number of hydrogen-bond donors (Lipinski definition) is 2. The summed E-state index contributed by atoms with van der Waals surface area (Å²) >= 11 is 0. The molecule has 5 heteroatoms. The Kier molecular flexibility index (Phi) is 3.85. The van der Waals surface area contributed by atoms with E-state index in [1.54, 1.807) is 18.2 Å². The maximum Gasteiger partial charge on any atom is 0.232 e. The van der Waals surface area contributed by atoms with Gasteiger partial charge in [-0.2, -0.15) is 0 Å². The predicted molar refractivity (Wildman–Crippen MR) is 60.9 cm³/mol. The van der Waals surface area contributed by atoms with Gasteiger partial charge in [0.15, 0.2) is 0 Å². The first-order chi connectivity index (χ1) is 7.04. The maximum atomic E-state index is 11.8. The zero-order valence-corrected chi connectivity index (χ0v) is 9.56. The normalized spacial score (nSPS) is 12.1. The number of anilines is 1. The minimum absolute atomic E-state index is 0.0270. The number of rotatable bonds is 3. The van der Waals surface area contributed by atoms with Crippen LogP contribution in [0.1, 0.15) is 5.56 Å². The van der Waals surface area contributed by atoms with E-state index in [9.17, 15) is 9.00 Å². The molecule has 0 saturated heterocycles. The Hall–Kier alpha value is -1.36. The van der Waals surface area contributed by atoms with Crippen LogP contribution >= 0.6 is 0 Å². The SMILES string of the molecule is CNC(=O)CS(=O)c1cc(N)ccc1C. The molecule has 0 saturated carbocycles. The lowest BCUT2D eigenvalue weighted by Crippen LogP contribution is -2.24. The van der Waals surface area contributed by atoms with E-state index >= 15 is 0 Å². The molecule has 1 atom stereocenters. The van der Waals surface area contributed by atoms with E-state index in [4.69, 9.17) is 5.73 Å². The van der Waals surface area contributed by atoms with Crippen molar-refractivity contribution in [2.45, 2.75) is 11.8 Å². The summed E-state index contributed by atoms with van der Waals surface area (Å²) in [5, 5.41) is 2.44. The molecule has 1 unspecified atom stereocenters. The molecule has 1 aromatic rings. The smallest absolute Gasteiger partial charge is 0.232 e. The molecular weight excluding hydrogens is 212 g/mol. The summed E-state index contributed by atoms with van der Waals surface area (Å²) < 4.78 is 11.8. The van der Waals surface area contributed by atoms with Crippen LogP contribution in [-0.2, 0) is 15.6 Å². The first-order valence-corrected chi connectivity index (χ1v) is 5.81. The first-order valence-electron chi connectivity index (χ1n) is 4.49. The van der Waals surface area contributed by atoms with Crippen molar-refractivity contribution in [1.82, 2.24) is 5.32 Å². The molecule has 0 bridgehead atoms. The second-order valence-electron chi connectivity index (χ2n) is 3.19. The Morgan fingerprint density at radius 2 is 2.20 bits per heavy atom. The summed E-state index contributed by atoms with van der Waals surface area (Å²) in [5.74, 6) is -0.268. The highest BCUT2D eigenvalue weighted by Gasteiger charge is 2.11. The van der Waals surface area contributed by atoms with Gasteiger partial charge in [-0.05, 0) is 24.6 Å². The van der Waals surface area contributed by atoms with E-state index in [1.165, 1.54) is 7.05 Å². The van der Waals surface area contributed by atoms with E-state index in [-0.39, 0.29) is 11.7 Å². The van der Waals surface area contributed by atoms with Crippen molar-refractivity contribution in [2.75, 3.05) is 18.5 Å². The van der Waals surface area contributed by atoms with Crippen molar-refractivity contribution in [3.63, 3.8) is 0 Å². The Balaban J connectivity index is 2.91. The van der Waals surface area contributed by atoms with Gasteiger partial charge in [-0.15, -0.1) is 0 Å². The number of nitrogens with two attached hydrogens (primary N) is 1. The molecule has 0 aliphatic rings. The van der Waals surface area contributed by atoms with Crippen molar-refractivity contribution < 1.29 is 9.00 Å². The van der Waals surface area contributed by atoms with Gasteiger partial charge in [0.25, 0.3) is 0 Å². The highest BCUT2D eigenvalue weighted by atomic mass is 32.2. The van der Waals surface area contributed by atoms with E-state index in [1.807, 2.05) is 6.92 Å². The quantitative estimate of drug-likeness (QED) is 0.734. The van der Waals surface area contributed by atoms with Crippen LogP contribution in [0.5, 0.6) is 0 Å². The van der Waals surface area contributed by atoms with E-state index < -0.39 is 10.8 Å². The number of amides is 1. The number of aryl methyl sites for hydroxylation is 1. The van der Waals surface area contributed by atoms with Gasteiger partial charge in [-0.3, -0.25) is 9.00 Å². The topological polar surface area (TPSA) is 72.2 Å². The average molecular weight is 226 g/mol. The van der Waals surface area contributed by atoms with Gasteiger partial charge >= 0.3 is 0 Å². The van der Waals surface area contributed by atoms with Gasteiger partial charge in [0, 0.05) is 17.6 Å². The Morgan fingerprint density at radius 3 is 2.80 bits per heavy atom. The largest absolute Gasteiger partial charge is 0.399 e. The third kappa shape index (κ3) is 3.06. The Morgan fingerprint density at radius 1 is 1.53 bits per heavy atom. The van der Waals surface area contributed by atoms with Gasteiger partial charge in [0.1, 0.15) is 5.75 Å². The van der Waals surface area contributed by atoms with Crippen LogP contribution in [-0.4, -0.2) is 22.9 Å². The molecule has 1 aromatic carbocycles. The molecule has 4 nitrogen and oxygen atoms in total. The van der Waals surface area contributed by atoms with Gasteiger partial charge in [-0.25, -0.2) is 0 Å². The molecule has 15 heavy (non-hydrogen) atoms. The van der Waals surface area contributed by atoms with Crippen molar-refractivity contribution in [3.05, 3.63) is 23.8 Å². The summed E-state index contributed by atoms with van der Waals surface area (Å²) in [5.41, 5.74) is 7.03. The Labute approximate surface area is 91.3 Å².